The zero-order valence-electron chi connectivity index (χ0n) is 14.2. The lowest BCUT2D eigenvalue weighted by molar-refractivity contribution is 0.153. The van der Waals surface area contributed by atoms with Gasteiger partial charge in [-0.15, -0.1) is 0 Å². The molecule has 130 valence electrons. The van der Waals surface area contributed by atoms with E-state index in [4.69, 9.17) is 0 Å². The summed E-state index contributed by atoms with van der Waals surface area (Å²) in [6.45, 7) is 6.36. The first kappa shape index (κ1) is 17.0. The van der Waals surface area contributed by atoms with Crippen LogP contribution in [0.3, 0.4) is 0 Å². The molecule has 1 aromatic carbocycles. The molecule has 0 amide bonds. The zero-order chi connectivity index (χ0) is 17.1. The zero-order valence-corrected chi connectivity index (χ0v) is 14.2. The molecular formula is C17H23F2N5. The molecule has 1 fully saturated rings. The fourth-order valence-electron chi connectivity index (χ4n) is 2.90. The summed E-state index contributed by atoms with van der Waals surface area (Å²) in [5.41, 5.74) is 0.737. The van der Waals surface area contributed by atoms with Gasteiger partial charge < -0.3 is 14.7 Å². The van der Waals surface area contributed by atoms with Crippen LogP contribution >= 0.6 is 0 Å². The minimum absolute atomic E-state index is 0.364. The number of piperazine rings is 1. The molecule has 0 saturated carbocycles. The van der Waals surface area contributed by atoms with Gasteiger partial charge in [-0.1, -0.05) is 0 Å². The minimum atomic E-state index is -0.898. The molecule has 0 radical (unpaired) electrons. The van der Waals surface area contributed by atoms with Crippen LogP contribution in [-0.2, 0) is 0 Å². The Morgan fingerprint density at radius 1 is 1.08 bits per heavy atom. The van der Waals surface area contributed by atoms with Crippen molar-refractivity contribution in [3.05, 3.63) is 30.0 Å². The Morgan fingerprint density at radius 3 is 2.46 bits per heavy atom. The van der Waals surface area contributed by atoms with Crippen LogP contribution in [0.2, 0.25) is 0 Å². The SMILES string of the molecule is CN1CCN(CCCN(C)c2cnc3cc(F)c(F)cc3n2)CC1. The molecule has 5 nitrogen and oxygen atoms in total. The first-order chi connectivity index (χ1) is 11.5. The molecule has 0 bridgehead atoms. The molecule has 0 spiro atoms. The molecule has 1 saturated heterocycles. The van der Waals surface area contributed by atoms with Crippen molar-refractivity contribution < 1.29 is 8.78 Å². The highest BCUT2D eigenvalue weighted by Gasteiger charge is 2.14. The second kappa shape index (κ2) is 7.36. The third-order valence-electron chi connectivity index (χ3n) is 4.53. The van der Waals surface area contributed by atoms with Crippen molar-refractivity contribution in [3.8, 4) is 0 Å². The van der Waals surface area contributed by atoms with Gasteiger partial charge in [-0.05, 0) is 20.0 Å². The number of nitrogens with zero attached hydrogens (tertiary/aromatic N) is 5. The van der Waals surface area contributed by atoms with Crippen molar-refractivity contribution in [1.82, 2.24) is 19.8 Å². The molecule has 0 aliphatic carbocycles. The van der Waals surface area contributed by atoms with Gasteiger partial charge in [0, 0.05) is 51.9 Å². The van der Waals surface area contributed by atoms with E-state index >= 15 is 0 Å². The van der Waals surface area contributed by atoms with Crippen molar-refractivity contribution >= 4 is 16.9 Å². The van der Waals surface area contributed by atoms with Gasteiger partial charge in [0.15, 0.2) is 11.6 Å². The van der Waals surface area contributed by atoms with Crippen LogP contribution < -0.4 is 4.90 Å². The predicted octanol–water partition coefficient (Wildman–Crippen LogP) is 1.98. The summed E-state index contributed by atoms with van der Waals surface area (Å²) < 4.78 is 26.6. The van der Waals surface area contributed by atoms with Crippen LogP contribution in [0.4, 0.5) is 14.6 Å². The van der Waals surface area contributed by atoms with Crippen molar-refractivity contribution in [1.29, 1.82) is 0 Å². The van der Waals surface area contributed by atoms with E-state index in [1.54, 1.807) is 6.20 Å². The van der Waals surface area contributed by atoms with Crippen LogP contribution in [0.1, 0.15) is 6.42 Å². The number of hydrogen-bond acceptors (Lipinski definition) is 5. The summed E-state index contributed by atoms with van der Waals surface area (Å²) in [6, 6.07) is 2.17. The Bertz CT molecular complexity index is 701. The molecular weight excluding hydrogens is 312 g/mol. The van der Waals surface area contributed by atoms with Crippen molar-refractivity contribution in [2.24, 2.45) is 0 Å². The minimum Gasteiger partial charge on any atom is -0.358 e. The molecule has 7 heteroatoms. The molecule has 0 unspecified atom stereocenters. The average Bonchev–Trinajstić information content (AvgIpc) is 2.57. The van der Waals surface area contributed by atoms with E-state index in [0.717, 1.165) is 57.8 Å². The third kappa shape index (κ3) is 3.96. The van der Waals surface area contributed by atoms with Crippen LogP contribution in [0.25, 0.3) is 11.0 Å². The Morgan fingerprint density at radius 2 is 1.75 bits per heavy atom. The van der Waals surface area contributed by atoms with Crippen LogP contribution in [-0.4, -0.2) is 73.1 Å². The van der Waals surface area contributed by atoms with Gasteiger partial charge in [0.25, 0.3) is 0 Å². The molecule has 3 rings (SSSR count). The van der Waals surface area contributed by atoms with E-state index in [1.807, 2.05) is 11.9 Å². The second-order valence-corrected chi connectivity index (χ2v) is 6.40. The highest BCUT2D eigenvalue weighted by Crippen LogP contribution is 2.18. The molecule has 0 N–H and O–H groups in total. The van der Waals surface area contributed by atoms with Crippen molar-refractivity contribution in [2.75, 3.05) is 58.3 Å². The second-order valence-electron chi connectivity index (χ2n) is 6.40. The highest BCUT2D eigenvalue weighted by atomic mass is 19.2. The van der Waals surface area contributed by atoms with Gasteiger partial charge in [-0.25, -0.2) is 13.8 Å². The van der Waals surface area contributed by atoms with E-state index in [9.17, 15) is 8.78 Å². The number of anilines is 1. The molecule has 1 aromatic heterocycles. The lowest BCUT2D eigenvalue weighted by Crippen LogP contribution is -2.45. The summed E-state index contributed by atoms with van der Waals surface area (Å²) in [5, 5.41) is 0. The number of benzene rings is 1. The standard InChI is InChI=1S/C17H23F2N5/c1-22-6-8-24(9-7-22)5-3-4-23(2)17-12-20-15-10-13(18)14(19)11-16(15)21-17/h10-12H,3-9H2,1-2H3. The maximum absolute atomic E-state index is 13.4. The lowest BCUT2D eigenvalue weighted by atomic mass is 10.2. The Balaban J connectivity index is 1.57. The summed E-state index contributed by atoms with van der Waals surface area (Å²) in [7, 11) is 4.10. The summed E-state index contributed by atoms with van der Waals surface area (Å²) in [5.74, 6) is -1.12. The Kier molecular flexibility index (Phi) is 5.20. The van der Waals surface area contributed by atoms with E-state index in [-0.39, 0.29) is 0 Å². The Hall–Kier alpha value is -1.86. The van der Waals surface area contributed by atoms with E-state index < -0.39 is 11.6 Å². The van der Waals surface area contributed by atoms with Crippen molar-refractivity contribution in [2.45, 2.75) is 6.42 Å². The summed E-state index contributed by atoms with van der Waals surface area (Å²) >= 11 is 0. The first-order valence-electron chi connectivity index (χ1n) is 8.27. The maximum atomic E-state index is 13.4. The fraction of sp³-hybridized carbons (Fsp3) is 0.529. The largest absolute Gasteiger partial charge is 0.358 e. The number of aromatic nitrogens is 2. The number of likely N-dealkylation sites (N-methyl/N-ethyl adjacent to an activating group) is 1. The van der Waals surface area contributed by atoms with Gasteiger partial charge in [0.1, 0.15) is 5.82 Å². The van der Waals surface area contributed by atoms with E-state index in [0.29, 0.717) is 16.9 Å². The molecule has 2 heterocycles. The van der Waals surface area contributed by atoms with Crippen LogP contribution in [0.15, 0.2) is 18.3 Å². The fourth-order valence-corrected chi connectivity index (χ4v) is 2.90. The van der Waals surface area contributed by atoms with E-state index in [1.165, 1.54) is 0 Å². The molecule has 0 atom stereocenters. The van der Waals surface area contributed by atoms with Gasteiger partial charge in [0.2, 0.25) is 0 Å². The lowest BCUT2D eigenvalue weighted by Gasteiger charge is -2.32. The molecule has 1 aliphatic rings. The topological polar surface area (TPSA) is 35.5 Å². The molecule has 24 heavy (non-hydrogen) atoms. The molecule has 2 aromatic rings. The first-order valence-corrected chi connectivity index (χ1v) is 8.27. The summed E-state index contributed by atoms with van der Waals surface area (Å²) in [6.07, 6.45) is 2.63. The number of rotatable bonds is 5. The normalized spacial score (nSPS) is 16.7. The van der Waals surface area contributed by atoms with E-state index in [2.05, 4.69) is 26.8 Å². The smallest absolute Gasteiger partial charge is 0.161 e. The number of halogens is 2. The highest BCUT2D eigenvalue weighted by molar-refractivity contribution is 5.75. The number of fused-ring (bicyclic) bond motifs is 1. The van der Waals surface area contributed by atoms with Gasteiger partial charge in [-0.2, -0.15) is 0 Å². The monoisotopic (exact) mass is 335 g/mol. The van der Waals surface area contributed by atoms with Crippen LogP contribution in [0.5, 0.6) is 0 Å². The average molecular weight is 335 g/mol. The summed E-state index contributed by atoms with van der Waals surface area (Å²) in [4.78, 5) is 15.4. The van der Waals surface area contributed by atoms with Gasteiger partial charge in [-0.3, -0.25) is 4.98 Å². The van der Waals surface area contributed by atoms with Crippen molar-refractivity contribution in [3.63, 3.8) is 0 Å². The third-order valence-corrected chi connectivity index (χ3v) is 4.53. The molecule has 1 aliphatic heterocycles. The van der Waals surface area contributed by atoms with Gasteiger partial charge >= 0.3 is 0 Å². The van der Waals surface area contributed by atoms with Gasteiger partial charge in [0.05, 0.1) is 17.2 Å². The Labute approximate surface area is 140 Å². The quantitative estimate of drug-likeness (QED) is 0.835. The predicted molar refractivity (Wildman–Crippen MR) is 91.3 cm³/mol. The maximum Gasteiger partial charge on any atom is 0.161 e. The number of hydrogen-bond donors (Lipinski definition) is 0. The van der Waals surface area contributed by atoms with Crippen LogP contribution in [0, 0.1) is 11.6 Å².